The molecule has 0 aromatic heterocycles. The van der Waals surface area contributed by atoms with Crippen molar-refractivity contribution < 1.29 is 5.11 Å². The Labute approximate surface area is 170 Å². The van der Waals surface area contributed by atoms with Gasteiger partial charge in [-0.15, -0.1) is 0 Å². The van der Waals surface area contributed by atoms with E-state index in [0.29, 0.717) is 0 Å². The van der Waals surface area contributed by atoms with E-state index in [0.717, 1.165) is 42.5 Å². The van der Waals surface area contributed by atoms with Crippen LogP contribution in [0.25, 0.3) is 6.08 Å². The summed E-state index contributed by atoms with van der Waals surface area (Å²) >= 11 is 0. The molecule has 28 heavy (non-hydrogen) atoms. The number of hydrogen-bond acceptors (Lipinski definition) is 2. The van der Waals surface area contributed by atoms with Crippen LogP contribution >= 0.6 is 0 Å². The molecule has 2 aromatic rings. The molecule has 1 N–H and O–H groups in total. The van der Waals surface area contributed by atoms with Crippen molar-refractivity contribution in [3.63, 3.8) is 0 Å². The molecule has 2 nitrogen and oxygen atoms in total. The summed E-state index contributed by atoms with van der Waals surface area (Å²) in [6, 6.07) is 19.1. The Hall–Kier alpha value is -1.90. The van der Waals surface area contributed by atoms with Gasteiger partial charge in [0.15, 0.2) is 0 Å². The van der Waals surface area contributed by atoms with Gasteiger partial charge in [-0.3, -0.25) is 0 Å². The smallest absolute Gasteiger partial charge is 0.115 e. The summed E-state index contributed by atoms with van der Waals surface area (Å²) in [5.41, 5.74) is 3.81. The van der Waals surface area contributed by atoms with Crippen LogP contribution < -0.4 is 0 Å². The van der Waals surface area contributed by atoms with Crippen molar-refractivity contribution >= 4 is 6.08 Å². The number of benzene rings is 2. The standard InChI is InChI=1S/C26H35NO/c1-25(2,3)21-14-16-22(17-15-21)26(28)23(18-20-10-7-6-8-11-20)12-9-13-24(26)19-27(4)5/h6-8,10-11,14-18,24,28H,9,12-13,19H2,1-5H3. The lowest BCUT2D eigenvalue weighted by molar-refractivity contribution is -0.0174. The van der Waals surface area contributed by atoms with Crippen molar-refractivity contribution in [2.24, 2.45) is 5.92 Å². The fourth-order valence-electron chi connectivity index (χ4n) is 4.44. The van der Waals surface area contributed by atoms with Gasteiger partial charge in [0.05, 0.1) is 0 Å². The summed E-state index contributed by atoms with van der Waals surface area (Å²) in [4.78, 5) is 2.20. The zero-order valence-corrected chi connectivity index (χ0v) is 18.1. The number of nitrogens with zero attached hydrogens (tertiary/aromatic N) is 1. The van der Waals surface area contributed by atoms with E-state index in [9.17, 15) is 5.11 Å². The van der Waals surface area contributed by atoms with Crippen LogP contribution in [0.4, 0.5) is 0 Å². The summed E-state index contributed by atoms with van der Waals surface area (Å²) in [5, 5.41) is 12.2. The van der Waals surface area contributed by atoms with E-state index >= 15 is 0 Å². The Morgan fingerprint density at radius 3 is 2.25 bits per heavy atom. The monoisotopic (exact) mass is 377 g/mol. The molecule has 0 heterocycles. The lowest BCUT2D eigenvalue weighted by atomic mass is 9.67. The Kier molecular flexibility index (Phi) is 6.12. The zero-order chi connectivity index (χ0) is 20.4. The fraction of sp³-hybridized carbons (Fsp3) is 0.462. The third kappa shape index (κ3) is 4.39. The maximum atomic E-state index is 12.2. The van der Waals surface area contributed by atoms with Gasteiger partial charge in [-0.1, -0.05) is 81.4 Å². The van der Waals surface area contributed by atoms with Crippen LogP contribution in [0.5, 0.6) is 0 Å². The molecule has 1 saturated carbocycles. The summed E-state index contributed by atoms with van der Waals surface area (Å²) in [7, 11) is 4.19. The number of hydrogen-bond donors (Lipinski definition) is 1. The molecule has 0 bridgehead atoms. The first-order valence-corrected chi connectivity index (χ1v) is 10.5. The fourth-order valence-corrected chi connectivity index (χ4v) is 4.44. The van der Waals surface area contributed by atoms with Crippen LogP contribution in [0.3, 0.4) is 0 Å². The van der Waals surface area contributed by atoms with Crippen LogP contribution in [-0.2, 0) is 11.0 Å². The first-order chi connectivity index (χ1) is 13.2. The number of rotatable bonds is 4. The molecule has 1 fully saturated rings. The molecule has 2 aromatic carbocycles. The van der Waals surface area contributed by atoms with Crippen molar-refractivity contribution in [1.82, 2.24) is 4.90 Å². The summed E-state index contributed by atoms with van der Waals surface area (Å²) in [6.45, 7) is 7.57. The first kappa shape index (κ1) is 20.8. The van der Waals surface area contributed by atoms with Crippen LogP contribution in [0.15, 0.2) is 60.2 Å². The Balaban J connectivity index is 2.07. The lowest BCUT2D eigenvalue weighted by Gasteiger charge is -2.44. The molecule has 3 rings (SSSR count). The quantitative estimate of drug-likeness (QED) is 0.748. The molecule has 0 spiro atoms. The topological polar surface area (TPSA) is 23.5 Å². The second kappa shape index (κ2) is 8.23. The molecule has 0 aliphatic heterocycles. The average molecular weight is 378 g/mol. The van der Waals surface area contributed by atoms with Gasteiger partial charge in [-0.25, -0.2) is 0 Å². The first-order valence-electron chi connectivity index (χ1n) is 10.5. The predicted octanol–water partition coefficient (Wildman–Crippen LogP) is 5.62. The van der Waals surface area contributed by atoms with E-state index in [4.69, 9.17) is 0 Å². The highest BCUT2D eigenvalue weighted by molar-refractivity contribution is 5.57. The molecule has 1 aliphatic rings. The molecule has 0 radical (unpaired) electrons. The maximum Gasteiger partial charge on any atom is 0.115 e. The van der Waals surface area contributed by atoms with Crippen molar-refractivity contribution in [2.75, 3.05) is 20.6 Å². The van der Waals surface area contributed by atoms with Crippen molar-refractivity contribution in [1.29, 1.82) is 0 Å². The Bertz CT molecular complexity index is 799. The lowest BCUT2D eigenvalue weighted by Crippen LogP contribution is -2.44. The van der Waals surface area contributed by atoms with Crippen molar-refractivity contribution in [2.45, 2.75) is 51.0 Å². The van der Waals surface area contributed by atoms with Gasteiger partial charge in [0.1, 0.15) is 5.60 Å². The minimum Gasteiger partial charge on any atom is -0.380 e. The SMILES string of the molecule is CN(C)CC1CCCC(=Cc2ccccc2)C1(O)c1ccc(C(C)(C)C)cc1. The highest BCUT2D eigenvalue weighted by Crippen LogP contribution is 2.46. The van der Waals surface area contributed by atoms with Gasteiger partial charge in [-0.2, -0.15) is 0 Å². The third-order valence-corrected chi connectivity index (χ3v) is 6.00. The maximum absolute atomic E-state index is 12.2. The third-order valence-electron chi connectivity index (χ3n) is 6.00. The van der Waals surface area contributed by atoms with E-state index in [-0.39, 0.29) is 11.3 Å². The largest absolute Gasteiger partial charge is 0.380 e. The normalized spacial score (nSPS) is 24.7. The minimum atomic E-state index is -0.922. The molecule has 0 amide bonds. The summed E-state index contributed by atoms with van der Waals surface area (Å²) < 4.78 is 0. The van der Waals surface area contributed by atoms with Crippen LogP contribution in [-0.4, -0.2) is 30.6 Å². The highest BCUT2D eigenvalue weighted by atomic mass is 16.3. The Morgan fingerprint density at radius 1 is 1.04 bits per heavy atom. The van der Waals surface area contributed by atoms with Crippen molar-refractivity contribution in [3.05, 3.63) is 76.9 Å². The van der Waals surface area contributed by atoms with Gasteiger partial charge >= 0.3 is 0 Å². The van der Waals surface area contributed by atoms with Gasteiger partial charge < -0.3 is 10.0 Å². The Morgan fingerprint density at radius 2 is 1.68 bits per heavy atom. The molecule has 1 aliphatic carbocycles. The summed E-state index contributed by atoms with van der Waals surface area (Å²) in [5.74, 6) is 0.187. The number of aliphatic hydroxyl groups is 1. The molecular weight excluding hydrogens is 342 g/mol. The van der Waals surface area contributed by atoms with E-state index in [1.54, 1.807) is 0 Å². The van der Waals surface area contributed by atoms with Crippen LogP contribution in [0, 0.1) is 5.92 Å². The van der Waals surface area contributed by atoms with Gasteiger partial charge in [0, 0.05) is 12.5 Å². The van der Waals surface area contributed by atoms with Gasteiger partial charge in [0.2, 0.25) is 0 Å². The van der Waals surface area contributed by atoms with Gasteiger partial charge in [-0.05, 0) is 61.0 Å². The molecule has 2 heteroatoms. The molecule has 2 atom stereocenters. The predicted molar refractivity (Wildman–Crippen MR) is 119 cm³/mol. The zero-order valence-electron chi connectivity index (χ0n) is 18.1. The molecule has 2 unspecified atom stereocenters. The van der Waals surface area contributed by atoms with E-state index in [2.05, 4.69) is 94.4 Å². The minimum absolute atomic E-state index is 0.111. The van der Waals surface area contributed by atoms with Gasteiger partial charge in [0.25, 0.3) is 0 Å². The average Bonchev–Trinajstić information content (AvgIpc) is 2.65. The molecular formula is C26H35NO. The van der Waals surface area contributed by atoms with E-state index in [1.807, 2.05) is 6.07 Å². The van der Waals surface area contributed by atoms with Crippen LogP contribution in [0.1, 0.15) is 56.7 Å². The molecule has 150 valence electrons. The van der Waals surface area contributed by atoms with E-state index < -0.39 is 5.60 Å². The second-order valence-corrected chi connectivity index (χ2v) is 9.53. The van der Waals surface area contributed by atoms with Crippen molar-refractivity contribution in [3.8, 4) is 0 Å². The summed E-state index contributed by atoms with van der Waals surface area (Å²) in [6.07, 6.45) is 5.32. The second-order valence-electron chi connectivity index (χ2n) is 9.53. The highest BCUT2D eigenvalue weighted by Gasteiger charge is 2.44. The van der Waals surface area contributed by atoms with Crippen LogP contribution in [0.2, 0.25) is 0 Å². The molecule has 0 saturated heterocycles. The van der Waals surface area contributed by atoms with E-state index in [1.165, 1.54) is 5.56 Å².